The SMILES string of the molecule is Cc1ccccc1OCC(=O)N[C@H](CC(C)C)C(=O)N/N=C\c1ccc(-c2ccc([N+](=O)[O-])cc2C)o1. The molecule has 0 radical (unpaired) electrons. The van der Waals surface area contributed by atoms with E-state index < -0.39 is 22.8 Å². The van der Waals surface area contributed by atoms with Gasteiger partial charge in [0.05, 0.1) is 11.1 Å². The van der Waals surface area contributed by atoms with Crippen LogP contribution in [-0.2, 0) is 9.59 Å². The highest BCUT2D eigenvalue weighted by molar-refractivity contribution is 5.89. The molecule has 3 rings (SSSR count). The molecule has 2 amide bonds. The Bertz CT molecular complexity index is 1300. The zero-order valence-corrected chi connectivity index (χ0v) is 21.2. The number of amides is 2. The quantitative estimate of drug-likeness (QED) is 0.223. The number of carbonyl (C=O) groups is 2. The maximum Gasteiger partial charge on any atom is 0.269 e. The van der Waals surface area contributed by atoms with E-state index in [1.54, 1.807) is 31.2 Å². The van der Waals surface area contributed by atoms with Gasteiger partial charge in [0, 0.05) is 17.7 Å². The molecular formula is C27H30N4O6. The van der Waals surface area contributed by atoms with Gasteiger partial charge < -0.3 is 14.5 Å². The number of ether oxygens (including phenoxy) is 1. The molecule has 0 saturated heterocycles. The topological polar surface area (TPSA) is 136 Å². The Labute approximate surface area is 214 Å². The molecule has 0 unspecified atom stereocenters. The Morgan fingerprint density at radius 3 is 2.54 bits per heavy atom. The van der Waals surface area contributed by atoms with Gasteiger partial charge in [-0.05, 0) is 61.6 Å². The molecule has 0 saturated carbocycles. The van der Waals surface area contributed by atoms with Gasteiger partial charge >= 0.3 is 0 Å². The molecule has 2 aromatic carbocycles. The van der Waals surface area contributed by atoms with Crippen LogP contribution in [0.1, 0.15) is 37.2 Å². The molecule has 0 spiro atoms. The number of rotatable bonds is 11. The second kappa shape index (κ2) is 12.5. The predicted molar refractivity (Wildman–Crippen MR) is 139 cm³/mol. The molecule has 0 fully saturated rings. The summed E-state index contributed by atoms with van der Waals surface area (Å²) in [4.78, 5) is 35.7. The fourth-order valence-electron chi connectivity index (χ4n) is 3.64. The van der Waals surface area contributed by atoms with E-state index in [-0.39, 0.29) is 18.2 Å². The summed E-state index contributed by atoms with van der Waals surface area (Å²) in [7, 11) is 0. The van der Waals surface area contributed by atoms with E-state index in [4.69, 9.17) is 9.15 Å². The third kappa shape index (κ3) is 7.76. The molecule has 0 bridgehead atoms. The first kappa shape index (κ1) is 27.1. The minimum absolute atomic E-state index is 0.00193. The van der Waals surface area contributed by atoms with E-state index in [1.165, 1.54) is 18.3 Å². The van der Waals surface area contributed by atoms with Gasteiger partial charge in [-0.3, -0.25) is 19.7 Å². The molecule has 0 aliphatic rings. The lowest BCUT2D eigenvalue weighted by atomic mass is 10.0. The Balaban J connectivity index is 1.59. The Hall–Kier alpha value is -4.47. The van der Waals surface area contributed by atoms with Gasteiger partial charge in [-0.2, -0.15) is 5.10 Å². The van der Waals surface area contributed by atoms with Crippen molar-refractivity contribution >= 4 is 23.7 Å². The average Bonchev–Trinajstić information content (AvgIpc) is 3.31. The lowest BCUT2D eigenvalue weighted by Gasteiger charge is -2.19. The van der Waals surface area contributed by atoms with Crippen LogP contribution in [0.2, 0.25) is 0 Å². The Morgan fingerprint density at radius 1 is 1.11 bits per heavy atom. The third-order valence-electron chi connectivity index (χ3n) is 5.49. The second-order valence-corrected chi connectivity index (χ2v) is 9.00. The van der Waals surface area contributed by atoms with Crippen LogP contribution < -0.4 is 15.5 Å². The van der Waals surface area contributed by atoms with E-state index >= 15 is 0 Å². The van der Waals surface area contributed by atoms with Gasteiger partial charge in [0.25, 0.3) is 17.5 Å². The summed E-state index contributed by atoms with van der Waals surface area (Å²) in [5.74, 6) is 0.765. The zero-order chi connectivity index (χ0) is 26.9. The summed E-state index contributed by atoms with van der Waals surface area (Å²) in [6.07, 6.45) is 1.76. The summed E-state index contributed by atoms with van der Waals surface area (Å²) in [5.41, 5.74) is 4.76. The number of benzene rings is 2. The molecule has 10 nitrogen and oxygen atoms in total. The molecular weight excluding hydrogens is 476 g/mol. The van der Waals surface area contributed by atoms with Crippen molar-refractivity contribution in [2.75, 3.05) is 6.61 Å². The molecule has 1 heterocycles. The molecule has 10 heteroatoms. The highest BCUT2D eigenvalue weighted by atomic mass is 16.6. The standard InChI is InChI=1S/C27H30N4O6/c1-17(2)13-23(29-26(32)16-36-24-8-6-5-7-18(24)3)27(33)30-28-15-21-10-12-25(37-21)22-11-9-20(31(34)35)14-19(22)4/h5-12,14-15,17,23H,13,16H2,1-4H3,(H,29,32)(H,30,33)/b28-15-/t23-/m1/s1. The number of hydrogen-bond acceptors (Lipinski definition) is 7. The van der Waals surface area contributed by atoms with E-state index in [9.17, 15) is 19.7 Å². The van der Waals surface area contributed by atoms with E-state index in [2.05, 4.69) is 15.8 Å². The van der Waals surface area contributed by atoms with Gasteiger partial charge in [0.2, 0.25) is 0 Å². The van der Waals surface area contributed by atoms with Crippen LogP contribution in [0.25, 0.3) is 11.3 Å². The molecule has 1 aromatic heterocycles. The second-order valence-electron chi connectivity index (χ2n) is 9.00. The van der Waals surface area contributed by atoms with Crippen molar-refractivity contribution in [2.24, 2.45) is 11.0 Å². The number of non-ortho nitro benzene ring substituents is 1. The number of nitro groups is 1. The smallest absolute Gasteiger partial charge is 0.269 e. The molecule has 1 atom stereocenters. The largest absolute Gasteiger partial charge is 0.484 e. The number of para-hydroxylation sites is 1. The van der Waals surface area contributed by atoms with Crippen LogP contribution in [0.4, 0.5) is 5.69 Å². The predicted octanol–water partition coefficient (Wildman–Crippen LogP) is 4.53. The monoisotopic (exact) mass is 506 g/mol. The normalized spacial score (nSPS) is 11.9. The zero-order valence-electron chi connectivity index (χ0n) is 21.2. The van der Waals surface area contributed by atoms with E-state index in [0.29, 0.717) is 34.8 Å². The summed E-state index contributed by atoms with van der Waals surface area (Å²) < 4.78 is 11.3. The molecule has 3 aromatic rings. The van der Waals surface area contributed by atoms with Crippen molar-refractivity contribution in [3.8, 4) is 17.1 Å². The van der Waals surface area contributed by atoms with Crippen LogP contribution in [-0.4, -0.2) is 35.6 Å². The fourth-order valence-corrected chi connectivity index (χ4v) is 3.64. The number of hydrazone groups is 1. The van der Waals surface area contributed by atoms with Crippen LogP contribution in [0.3, 0.4) is 0 Å². The fraction of sp³-hybridized carbons (Fsp3) is 0.296. The van der Waals surface area contributed by atoms with Crippen molar-refractivity contribution in [1.82, 2.24) is 10.7 Å². The number of hydrogen-bond donors (Lipinski definition) is 2. The van der Waals surface area contributed by atoms with Gasteiger partial charge in [-0.25, -0.2) is 5.43 Å². The number of nitrogens with zero attached hydrogens (tertiary/aromatic N) is 2. The molecule has 0 aliphatic heterocycles. The highest BCUT2D eigenvalue weighted by Crippen LogP contribution is 2.28. The van der Waals surface area contributed by atoms with Gasteiger partial charge in [-0.1, -0.05) is 32.0 Å². The number of nitrogens with one attached hydrogen (secondary N) is 2. The summed E-state index contributed by atoms with van der Waals surface area (Å²) in [6, 6.07) is 14.5. The Kier molecular flexibility index (Phi) is 9.15. The summed E-state index contributed by atoms with van der Waals surface area (Å²) in [6.45, 7) is 7.32. The van der Waals surface area contributed by atoms with Crippen LogP contribution >= 0.6 is 0 Å². The minimum atomic E-state index is -0.792. The molecule has 0 aliphatic carbocycles. The van der Waals surface area contributed by atoms with Gasteiger partial charge in [0.15, 0.2) is 6.61 Å². The minimum Gasteiger partial charge on any atom is -0.484 e. The maximum absolute atomic E-state index is 12.7. The Morgan fingerprint density at radius 2 is 1.86 bits per heavy atom. The van der Waals surface area contributed by atoms with Crippen molar-refractivity contribution in [3.63, 3.8) is 0 Å². The summed E-state index contributed by atoms with van der Waals surface area (Å²) >= 11 is 0. The lowest BCUT2D eigenvalue weighted by molar-refractivity contribution is -0.384. The van der Waals surface area contributed by atoms with Crippen LogP contribution in [0, 0.1) is 29.9 Å². The first-order valence-electron chi connectivity index (χ1n) is 11.8. The average molecular weight is 507 g/mol. The van der Waals surface area contributed by atoms with Crippen LogP contribution in [0.5, 0.6) is 5.75 Å². The van der Waals surface area contributed by atoms with Crippen molar-refractivity contribution < 1.29 is 23.7 Å². The number of aryl methyl sites for hydroxylation is 2. The molecule has 2 N–H and O–H groups in total. The van der Waals surface area contributed by atoms with Crippen LogP contribution in [0.15, 0.2) is 64.1 Å². The third-order valence-corrected chi connectivity index (χ3v) is 5.49. The first-order chi connectivity index (χ1) is 17.6. The molecule has 37 heavy (non-hydrogen) atoms. The van der Waals surface area contributed by atoms with Crippen molar-refractivity contribution in [2.45, 2.75) is 40.2 Å². The number of nitro benzene ring substituents is 1. The van der Waals surface area contributed by atoms with Crippen molar-refractivity contribution in [1.29, 1.82) is 0 Å². The highest BCUT2D eigenvalue weighted by Gasteiger charge is 2.22. The number of carbonyl (C=O) groups excluding carboxylic acids is 2. The maximum atomic E-state index is 12.7. The lowest BCUT2D eigenvalue weighted by Crippen LogP contribution is -2.47. The summed E-state index contributed by atoms with van der Waals surface area (Å²) in [5, 5.41) is 17.6. The van der Waals surface area contributed by atoms with E-state index in [0.717, 1.165) is 5.56 Å². The molecule has 194 valence electrons. The van der Waals surface area contributed by atoms with Crippen molar-refractivity contribution in [3.05, 3.63) is 81.6 Å². The van der Waals surface area contributed by atoms with Gasteiger partial charge in [0.1, 0.15) is 23.3 Å². The first-order valence-corrected chi connectivity index (χ1v) is 11.8. The van der Waals surface area contributed by atoms with E-state index in [1.807, 2.05) is 39.0 Å². The van der Waals surface area contributed by atoms with Gasteiger partial charge in [-0.15, -0.1) is 0 Å². The number of furan rings is 1.